The maximum atomic E-state index is 12.0. The van der Waals surface area contributed by atoms with Gasteiger partial charge in [0.1, 0.15) is 11.8 Å². The number of halogens is 1. The quantitative estimate of drug-likeness (QED) is 0.908. The number of nitrogens with zero attached hydrogens (tertiary/aromatic N) is 2. The highest BCUT2D eigenvalue weighted by molar-refractivity contribution is 6.31. The third-order valence-corrected chi connectivity index (χ3v) is 3.75. The number of nitrogens with two attached hydrogens (primary N) is 1. The van der Waals surface area contributed by atoms with Crippen molar-refractivity contribution in [2.75, 3.05) is 0 Å². The predicted octanol–water partition coefficient (Wildman–Crippen LogP) is 2.80. The van der Waals surface area contributed by atoms with Gasteiger partial charge < -0.3 is 5.73 Å². The van der Waals surface area contributed by atoms with Gasteiger partial charge in [-0.25, -0.2) is 4.99 Å². The van der Waals surface area contributed by atoms with Gasteiger partial charge in [0, 0.05) is 22.2 Å². The average Bonchev–Trinajstić information content (AvgIpc) is 2.38. The zero-order chi connectivity index (χ0) is 14.9. The number of hydrogen-bond acceptors (Lipinski definition) is 4. The van der Waals surface area contributed by atoms with Crippen LogP contribution in [0.4, 0.5) is 0 Å². The zero-order valence-electron chi connectivity index (χ0n) is 11.2. The number of nitriles is 1. The fraction of sp³-hybridized carbons (Fsp3) is 0.267. The summed E-state index contributed by atoms with van der Waals surface area (Å²) in [6.07, 6.45) is 0. The monoisotopic (exact) mass is 287 g/mol. The van der Waals surface area contributed by atoms with Crippen molar-refractivity contribution in [3.8, 4) is 6.07 Å². The van der Waals surface area contributed by atoms with Gasteiger partial charge in [0.2, 0.25) is 0 Å². The Morgan fingerprint density at radius 2 is 2.10 bits per heavy atom. The van der Waals surface area contributed by atoms with Crippen molar-refractivity contribution in [1.29, 1.82) is 5.26 Å². The Hall–Kier alpha value is -2.12. The summed E-state index contributed by atoms with van der Waals surface area (Å²) < 4.78 is 0. The molecule has 20 heavy (non-hydrogen) atoms. The Kier molecular flexibility index (Phi) is 3.91. The molecule has 0 fully saturated rings. The van der Waals surface area contributed by atoms with Crippen molar-refractivity contribution < 1.29 is 4.79 Å². The van der Waals surface area contributed by atoms with Crippen molar-refractivity contribution in [3.05, 3.63) is 46.1 Å². The standard InChI is InChI=1S/C15H14ClN3O/c1-8-13(9(2)20)14(11(7-17)15(18)19-8)10-5-3-4-6-12(10)16/h3-6,11,14H,1-2H3,(H2,18,19)/t11?,14-/m0/s1. The van der Waals surface area contributed by atoms with Gasteiger partial charge in [0.25, 0.3) is 0 Å². The number of Topliss-reactive ketones (excluding diaryl/α,β-unsaturated/α-hetero) is 1. The van der Waals surface area contributed by atoms with Gasteiger partial charge >= 0.3 is 0 Å². The molecule has 2 rings (SSSR count). The van der Waals surface area contributed by atoms with E-state index in [0.29, 0.717) is 16.3 Å². The number of carbonyl (C=O) groups excluding carboxylic acids is 1. The number of amidine groups is 1. The Labute approximate surface area is 122 Å². The summed E-state index contributed by atoms with van der Waals surface area (Å²) in [5.74, 6) is -1.05. The van der Waals surface area contributed by atoms with Gasteiger partial charge in [0.05, 0.1) is 6.07 Å². The number of benzene rings is 1. The molecule has 5 heteroatoms. The third-order valence-electron chi connectivity index (χ3n) is 3.41. The maximum absolute atomic E-state index is 12.0. The zero-order valence-corrected chi connectivity index (χ0v) is 12.0. The average molecular weight is 288 g/mol. The smallest absolute Gasteiger partial charge is 0.158 e. The van der Waals surface area contributed by atoms with Crippen LogP contribution in [0.1, 0.15) is 25.3 Å². The van der Waals surface area contributed by atoms with Crippen LogP contribution in [0.2, 0.25) is 5.02 Å². The summed E-state index contributed by atoms with van der Waals surface area (Å²) in [7, 11) is 0. The minimum absolute atomic E-state index is 0.121. The van der Waals surface area contributed by atoms with Gasteiger partial charge in [-0.1, -0.05) is 29.8 Å². The van der Waals surface area contributed by atoms with E-state index in [1.54, 1.807) is 19.1 Å². The molecule has 2 N–H and O–H groups in total. The molecule has 102 valence electrons. The van der Waals surface area contributed by atoms with Crippen LogP contribution in [0.5, 0.6) is 0 Å². The number of allylic oxidation sites excluding steroid dienone is 2. The van der Waals surface area contributed by atoms with Gasteiger partial charge in [-0.3, -0.25) is 4.79 Å². The highest BCUT2D eigenvalue weighted by atomic mass is 35.5. The molecule has 0 amide bonds. The van der Waals surface area contributed by atoms with Crippen molar-refractivity contribution >= 4 is 23.2 Å². The summed E-state index contributed by atoms with van der Waals surface area (Å²) >= 11 is 6.22. The van der Waals surface area contributed by atoms with Crippen LogP contribution in [0.3, 0.4) is 0 Å². The van der Waals surface area contributed by atoms with E-state index < -0.39 is 11.8 Å². The summed E-state index contributed by atoms with van der Waals surface area (Å²) in [6.45, 7) is 3.19. The van der Waals surface area contributed by atoms with Crippen molar-refractivity contribution in [3.63, 3.8) is 0 Å². The predicted molar refractivity (Wildman–Crippen MR) is 78.3 cm³/mol. The molecule has 1 aromatic rings. The van der Waals surface area contributed by atoms with Crippen LogP contribution in [0, 0.1) is 17.2 Å². The molecule has 2 atom stereocenters. The number of ketones is 1. The molecular weight excluding hydrogens is 274 g/mol. The molecule has 0 bridgehead atoms. The summed E-state index contributed by atoms with van der Waals surface area (Å²) in [6, 6.07) is 9.31. The second-order valence-corrected chi connectivity index (χ2v) is 5.11. The van der Waals surface area contributed by atoms with E-state index in [1.165, 1.54) is 6.92 Å². The fourth-order valence-electron chi connectivity index (χ4n) is 2.56. The summed E-state index contributed by atoms with van der Waals surface area (Å²) in [4.78, 5) is 16.1. The summed E-state index contributed by atoms with van der Waals surface area (Å²) in [5.41, 5.74) is 7.63. The molecule has 1 aliphatic rings. The molecule has 0 saturated heterocycles. The number of hydrogen-bond donors (Lipinski definition) is 1. The normalized spacial score (nSPS) is 22.2. The van der Waals surface area contributed by atoms with E-state index in [-0.39, 0.29) is 11.6 Å². The Bertz CT molecular complexity index is 670. The van der Waals surface area contributed by atoms with Gasteiger partial charge in [-0.2, -0.15) is 5.26 Å². The van der Waals surface area contributed by atoms with E-state index in [9.17, 15) is 10.1 Å². The first-order valence-electron chi connectivity index (χ1n) is 6.17. The third kappa shape index (κ3) is 2.33. The lowest BCUT2D eigenvalue weighted by Gasteiger charge is -2.29. The first kappa shape index (κ1) is 14.3. The minimum atomic E-state index is -0.683. The van der Waals surface area contributed by atoms with E-state index in [1.807, 2.05) is 12.1 Å². The van der Waals surface area contributed by atoms with Crippen LogP contribution in [0.15, 0.2) is 40.5 Å². The lowest BCUT2D eigenvalue weighted by Crippen LogP contribution is -2.34. The Balaban J connectivity index is 2.69. The Morgan fingerprint density at radius 1 is 1.45 bits per heavy atom. The molecule has 1 aromatic carbocycles. The second-order valence-electron chi connectivity index (χ2n) is 4.70. The first-order chi connectivity index (χ1) is 9.47. The lowest BCUT2D eigenvalue weighted by molar-refractivity contribution is -0.114. The molecule has 1 heterocycles. The molecule has 0 aliphatic carbocycles. The lowest BCUT2D eigenvalue weighted by atomic mass is 9.76. The topological polar surface area (TPSA) is 79.2 Å². The largest absolute Gasteiger partial charge is 0.386 e. The molecule has 1 unspecified atom stereocenters. The molecular formula is C15H14ClN3O. The first-order valence-corrected chi connectivity index (χ1v) is 6.55. The van der Waals surface area contributed by atoms with Crippen LogP contribution in [-0.4, -0.2) is 11.6 Å². The molecule has 0 aromatic heterocycles. The molecule has 1 aliphatic heterocycles. The fourth-order valence-corrected chi connectivity index (χ4v) is 2.82. The van der Waals surface area contributed by atoms with Crippen molar-refractivity contribution in [2.45, 2.75) is 19.8 Å². The van der Waals surface area contributed by atoms with E-state index in [2.05, 4.69) is 11.1 Å². The molecule has 4 nitrogen and oxygen atoms in total. The van der Waals surface area contributed by atoms with Crippen LogP contribution in [-0.2, 0) is 4.79 Å². The van der Waals surface area contributed by atoms with Crippen molar-refractivity contribution in [1.82, 2.24) is 0 Å². The molecule has 0 radical (unpaired) electrons. The Morgan fingerprint density at radius 3 is 2.65 bits per heavy atom. The van der Waals surface area contributed by atoms with Crippen LogP contribution in [0.25, 0.3) is 0 Å². The van der Waals surface area contributed by atoms with Gasteiger partial charge in [0.15, 0.2) is 5.78 Å². The molecule has 0 spiro atoms. The van der Waals surface area contributed by atoms with Gasteiger partial charge in [-0.05, 0) is 25.5 Å². The summed E-state index contributed by atoms with van der Waals surface area (Å²) in [5, 5.41) is 9.90. The van der Waals surface area contributed by atoms with E-state index in [0.717, 1.165) is 5.56 Å². The molecule has 0 saturated carbocycles. The SMILES string of the molecule is CC(=O)C1=C(C)N=C(N)C(C#N)[C@@H]1c1ccccc1Cl. The number of aliphatic imine (C=N–C) groups is 1. The minimum Gasteiger partial charge on any atom is -0.386 e. The highest BCUT2D eigenvalue weighted by Gasteiger charge is 2.37. The van der Waals surface area contributed by atoms with E-state index in [4.69, 9.17) is 17.3 Å². The highest BCUT2D eigenvalue weighted by Crippen LogP contribution is 2.40. The second kappa shape index (κ2) is 5.48. The van der Waals surface area contributed by atoms with Gasteiger partial charge in [-0.15, -0.1) is 0 Å². The number of carbonyl (C=O) groups is 1. The van der Waals surface area contributed by atoms with Crippen LogP contribution < -0.4 is 5.73 Å². The van der Waals surface area contributed by atoms with Crippen molar-refractivity contribution in [2.24, 2.45) is 16.6 Å². The number of rotatable bonds is 2. The maximum Gasteiger partial charge on any atom is 0.158 e. The van der Waals surface area contributed by atoms with Crippen LogP contribution >= 0.6 is 11.6 Å². The van der Waals surface area contributed by atoms with E-state index >= 15 is 0 Å².